The molecule has 5 N–H and O–H groups in total. The van der Waals surface area contributed by atoms with Crippen molar-refractivity contribution < 1.29 is 23.8 Å². The molecule has 0 fully saturated rings. The molecule has 4 rings (SSSR count). The van der Waals surface area contributed by atoms with Crippen molar-refractivity contribution in [2.45, 2.75) is 31.9 Å². The van der Waals surface area contributed by atoms with E-state index in [1.165, 1.54) is 12.1 Å². The molecule has 0 bridgehead atoms. The summed E-state index contributed by atoms with van der Waals surface area (Å²) >= 11 is 0. The number of halogens is 1. The van der Waals surface area contributed by atoms with Gasteiger partial charge in [-0.1, -0.05) is 18.2 Å². The SMILES string of the molecule is CN=C(NC)NCCC[C@H](NCCc1ccc2c(c1)COC2=C1C(=O)Nc2ccc(F)cc21)C(=O)O. The first-order valence-corrected chi connectivity index (χ1v) is 11.9. The number of carbonyl (C=O) groups is 2. The van der Waals surface area contributed by atoms with Crippen LogP contribution in [0.5, 0.6) is 0 Å². The molecule has 2 heterocycles. The normalized spacial score (nSPS) is 17.2. The van der Waals surface area contributed by atoms with Gasteiger partial charge in [0.2, 0.25) is 0 Å². The van der Waals surface area contributed by atoms with Crippen LogP contribution in [-0.4, -0.2) is 56.2 Å². The van der Waals surface area contributed by atoms with Crippen LogP contribution in [-0.2, 0) is 27.4 Å². The number of carbonyl (C=O) groups excluding carboxylic acids is 1. The van der Waals surface area contributed by atoms with Crippen molar-refractivity contribution >= 4 is 34.9 Å². The van der Waals surface area contributed by atoms with Crippen molar-refractivity contribution in [3.8, 4) is 0 Å². The Bertz CT molecular complexity index is 1230. The average Bonchev–Trinajstić information content (AvgIpc) is 3.41. The summed E-state index contributed by atoms with van der Waals surface area (Å²) in [6, 6.07) is 9.40. The lowest BCUT2D eigenvalue weighted by molar-refractivity contribution is -0.139. The molecule has 0 radical (unpaired) electrons. The Morgan fingerprint density at radius 2 is 2.06 bits per heavy atom. The first-order valence-electron chi connectivity index (χ1n) is 11.9. The molecule has 1 atom stereocenters. The minimum atomic E-state index is -0.877. The number of ether oxygens (including phenoxy) is 1. The van der Waals surface area contributed by atoms with Gasteiger partial charge in [0.15, 0.2) is 5.96 Å². The van der Waals surface area contributed by atoms with Gasteiger partial charge in [0.25, 0.3) is 5.91 Å². The molecule has 0 saturated carbocycles. The first kappa shape index (κ1) is 25.2. The number of aliphatic carboxylic acids is 1. The molecule has 2 aromatic carbocycles. The lowest BCUT2D eigenvalue weighted by Gasteiger charge is -2.15. The molecular weight excluding hydrogens is 465 g/mol. The van der Waals surface area contributed by atoms with E-state index < -0.39 is 17.8 Å². The van der Waals surface area contributed by atoms with E-state index in [-0.39, 0.29) is 5.91 Å². The largest absolute Gasteiger partial charge is 0.487 e. The zero-order chi connectivity index (χ0) is 25.7. The number of rotatable bonds is 9. The number of carboxylic acid groups (broad SMARTS) is 1. The molecule has 9 nitrogen and oxygen atoms in total. The molecule has 190 valence electrons. The van der Waals surface area contributed by atoms with Gasteiger partial charge in [-0.2, -0.15) is 0 Å². The molecule has 10 heteroatoms. The maximum atomic E-state index is 13.8. The molecule has 0 unspecified atom stereocenters. The van der Waals surface area contributed by atoms with Gasteiger partial charge in [-0.05, 0) is 49.6 Å². The Balaban J connectivity index is 1.37. The topological polar surface area (TPSA) is 124 Å². The van der Waals surface area contributed by atoms with E-state index in [4.69, 9.17) is 4.74 Å². The van der Waals surface area contributed by atoms with Gasteiger partial charge in [0, 0.05) is 43.0 Å². The van der Waals surface area contributed by atoms with Crippen LogP contribution < -0.4 is 21.3 Å². The predicted octanol–water partition coefficient (Wildman–Crippen LogP) is 2.34. The second-order valence-corrected chi connectivity index (χ2v) is 8.61. The summed E-state index contributed by atoms with van der Waals surface area (Å²) < 4.78 is 19.7. The smallest absolute Gasteiger partial charge is 0.320 e. The maximum absolute atomic E-state index is 13.8. The van der Waals surface area contributed by atoms with Gasteiger partial charge in [0.1, 0.15) is 24.2 Å². The van der Waals surface area contributed by atoms with Crippen molar-refractivity contribution in [2.75, 3.05) is 32.5 Å². The molecule has 2 aliphatic rings. The number of fused-ring (bicyclic) bond motifs is 2. The standard InChI is InChI=1S/C26H30FN5O4/c1-28-26(29-2)31-10-3-4-21(25(34)35)30-11-9-15-5-7-18-16(12-15)14-36-23(18)22-19-13-17(27)6-8-20(19)32-24(22)33/h5-8,12-13,21,30H,3-4,9-11,14H2,1-2H3,(H,32,33)(H,34,35)(H2,28,29,31)/t21-/m0/s1. The number of aliphatic imine (C=N–C) groups is 1. The summed E-state index contributed by atoms with van der Waals surface area (Å²) in [7, 11) is 3.44. The minimum Gasteiger partial charge on any atom is -0.487 e. The summed E-state index contributed by atoms with van der Waals surface area (Å²) in [5.74, 6) is -0.494. The fourth-order valence-electron chi connectivity index (χ4n) is 4.44. The van der Waals surface area contributed by atoms with Gasteiger partial charge in [-0.3, -0.25) is 14.6 Å². The highest BCUT2D eigenvalue weighted by atomic mass is 19.1. The molecule has 0 aromatic heterocycles. The third-order valence-corrected chi connectivity index (χ3v) is 6.26. The van der Waals surface area contributed by atoms with E-state index >= 15 is 0 Å². The fourth-order valence-corrected chi connectivity index (χ4v) is 4.44. The molecule has 36 heavy (non-hydrogen) atoms. The zero-order valence-corrected chi connectivity index (χ0v) is 20.3. The Kier molecular flexibility index (Phi) is 7.84. The Hall–Kier alpha value is -3.92. The quantitative estimate of drug-likeness (QED) is 0.157. The van der Waals surface area contributed by atoms with Crippen LogP contribution in [0.15, 0.2) is 41.4 Å². The van der Waals surface area contributed by atoms with E-state index in [2.05, 4.69) is 26.3 Å². The van der Waals surface area contributed by atoms with Crippen LogP contribution in [0.2, 0.25) is 0 Å². The van der Waals surface area contributed by atoms with Crippen molar-refractivity contribution in [1.82, 2.24) is 16.0 Å². The number of guanidine groups is 1. The lowest BCUT2D eigenvalue weighted by Crippen LogP contribution is -2.39. The molecule has 2 aromatic rings. The number of benzene rings is 2. The van der Waals surface area contributed by atoms with Crippen LogP contribution in [0.25, 0.3) is 11.3 Å². The number of anilines is 1. The lowest BCUT2D eigenvalue weighted by atomic mass is 9.98. The number of nitrogens with zero attached hydrogens (tertiary/aromatic N) is 1. The Labute approximate surface area is 208 Å². The first-order chi connectivity index (χ1) is 17.4. The van der Waals surface area contributed by atoms with Gasteiger partial charge >= 0.3 is 5.97 Å². The van der Waals surface area contributed by atoms with Crippen LogP contribution in [0.4, 0.5) is 10.1 Å². The highest BCUT2D eigenvalue weighted by Gasteiger charge is 2.32. The molecule has 0 spiro atoms. The number of hydrogen-bond donors (Lipinski definition) is 5. The van der Waals surface area contributed by atoms with Gasteiger partial charge in [0.05, 0.1) is 5.57 Å². The highest BCUT2D eigenvalue weighted by Crippen LogP contribution is 2.41. The summed E-state index contributed by atoms with van der Waals surface area (Å²) in [6.45, 7) is 1.44. The average molecular weight is 496 g/mol. The summed E-state index contributed by atoms with van der Waals surface area (Å²) in [5.41, 5.74) is 4.17. The van der Waals surface area contributed by atoms with E-state index in [1.807, 2.05) is 18.2 Å². The predicted molar refractivity (Wildman–Crippen MR) is 136 cm³/mol. The monoisotopic (exact) mass is 495 g/mol. The molecule has 0 saturated heterocycles. The Morgan fingerprint density at radius 3 is 2.81 bits per heavy atom. The van der Waals surface area contributed by atoms with Crippen molar-refractivity contribution in [1.29, 1.82) is 0 Å². The second-order valence-electron chi connectivity index (χ2n) is 8.61. The molecular formula is C26H30FN5O4. The summed E-state index contributed by atoms with van der Waals surface area (Å²) in [5, 5.41) is 21.5. The van der Waals surface area contributed by atoms with Gasteiger partial charge < -0.3 is 31.1 Å². The Morgan fingerprint density at radius 1 is 1.22 bits per heavy atom. The van der Waals surface area contributed by atoms with E-state index in [0.717, 1.165) is 16.7 Å². The zero-order valence-electron chi connectivity index (χ0n) is 20.3. The second kappa shape index (κ2) is 11.2. The van der Waals surface area contributed by atoms with Crippen molar-refractivity contribution in [3.05, 3.63) is 64.5 Å². The van der Waals surface area contributed by atoms with Crippen LogP contribution in [0.1, 0.15) is 35.1 Å². The maximum Gasteiger partial charge on any atom is 0.320 e. The molecule has 0 aliphatic carbocycles. The number of carboxylic acids is 1. The number of hydrogen-bond acceptors (Lipinski definition) is 5. The van der Waals surface area contributed by atoms with Crippen LogP contribution >= 0.6 is 0 Å². The van der Waals surface area contributed by atoms with Crippen molar-refractivity contribution in [2.24, 2.45) is 4.99 Å². The van der Waals surface area contributed by atoms with Crippen LogP contribution in [0.3, 0.4) is 0 Å². The summed E-state index contributed by atoms with van der Waals surface area (Å²) in [4.78, 5) is 28.2. The van der Waals surface area contributed by atoms with E-state index in [1.54, 1.807) is 20.2 Å². The minimum absolute atomic E-state index is 0.313. The van der Waals surface area contributed by atoms with Crippen molar-refractivity contribution in [3.63, 3.8) is 0 Å². The molecule has 2 aliphatic heterocycles. The third-order valence-electron chi connectivity index (χ3n) is 6.26. The number of nitrogens with one attached hydrogen (secondary N) is 4. The van der Waals surface area contributed by atoms with E-state index in [0.29, 0.717) is 67.5 Å². The van der Waals surface area contributed by atoms with Gasteiger partial charge in [-0.15, -0.1) is 0 Å². The third kappa shape index (κ3) is 5.49. The van der Waals surface area contributed by atoms with Crippen LogP contribution in [0, 0.1) is 5.82 Å². The van der Waals surface area contributed by atoms with Gasteiger partial charge in [-0.25, -0.2) is 4.39 Å². The fraction of sp³-hybridized carbons (Fsp3) is 0.346. The number of amides is 1. The summed E-state index contributed by atoms with van der Waals surface area (Å²) in [6.07, 6.45) is 1.81. The molecule has 1 amide bonds. The highest BCUT2D eigenvalue weighted by molar-refractivity contribution is 6.36. The van der Waals surface area contributed by atoms with E-state index in [9.17, 15) is 19.1 Å².